The summed E-state index contributed by atoms with van der Waals surface area (Å²) in [5.74, 6) is 0. The van der Waals surface area contributed by atoms with E-state index in [-0.39, 0.29) is 62.5 Å². The summed E-state index contributed by atoms with van der Waals surface area (Å²) in [6, 6.07) is 0. The standard InChI is InChI=1S/2CN.2ClH.Cu.2Li/c2*1-2;;;;;/h;;2*1H;;;/q;;;;;2*+1/p-2. The summed E-state index contributed by atoms with van der Waals surface area (Å²) in [5, 5.41) is 15.1. The first-order chi connectivity index (χ1) is 2.41. The van der Waals surface area contributed by atoms with Crippen molar-refractivity contribution in [1.29, 1.82) is 10.5 Å². The first-order valence-electron chi connectivity index (χ1n) is 0.749. The van der Waals surface area contributed by atoms with Crippen LogP contribution in [0.5, 0.6) is 0 Å². The van der Waals surface area contributed by atoms with E-state index in [0.29, 0.717) is 15.0 Å². The first kappa shape index (κ1) is 31.8. The minimum atomic E-state index is 0. The van der Waals surface area contributed by atoms with Gasteiger partial charge in [-0.05, 0) is 0 Å². The van der Waals surface area contributed by atoms with Gasteiger partial charge in [0.25, 0.3) is 0 Å². The predicted octanol–water partition coefficient (Wildman–Crippen LogP) is -12.0. The average molecular weight is 200 g/mol. The van der Waals surface area contributed by atoms with Crippen LogP contribution < -0.4 is 62.5 Å². The number of nitrogens with zero attached hydrogens (tertiary/aromatic N) is 2. The van der Waals surface area contributed by atoms with Gasteiger partial charge in [0.05, 0.1) is 0 Å². The minimum Gasteiger partial charge on any atom is -1.00 e. The normalized spacial score (nSPS) is 2.89. The van der Waals surface area contributed by atoms with E-state index < -0.39 is 0 Å². The predicted molar refractivity (Wildman–Crippen MR) is 11.2 cm³/mol. The van der Waals surface area contributed by atoms with Crippen molar-refractivity contribution < 1.29 is 77.5 Å². The topological polar surface area (TPSA) is 47.6 Å². The average Bonchev–Trinajstić information content (AvgIpc) is 1.41. The van der Waals surface area contributed by atoms with E-state index in [0.717, 1.165) is 0 Å². The van der Waals surface area contributed by atoms with Crippen LogP contribution in [0.2, 0.25) is 0 Å². The molecule has 0 aliphatic heterocycles. The molecule has 0 N–H and O–H groups in total. The Morgan fingerprint density at radius 2 is 1.11 bits per heavy atom. The quantitative estimate of drug-likeness (QED) is 0.365. The summed E-state index contributed by atoms with van der Waals surface area (Å²) >= 11 is 0.646. The van der Waals surface area contributed by atoms with Gasteiger partial charge >= 0.3 is 73.1 Å². The van der Waals surface area contributed by atoms with Crippen LogP contribution in [0.4, 0.5) is 0 Å². The Balaban J connectivity index is -0.0000000133. The molecule has 0 bridgehead atoms. The summed E-state index contributed by atoms with van der Waals surface area (Å²) in [6.45, 7) is 0. The van der Waals surface area contributed by atoms with Crippen molar-refractivity contribution in [3.8, 4) is 9.94 Å². The van der Waals surface area contributed by atoms with Gasteiger partial charge in [0.2, 0.25) is 0 Å². The maximum absolute atomic E-state index is 7.55. The van der Waals surface area contributed by atoms with Crippen LogP contribution in [0, 0.1) is 20.5 Å². The Bertz CT molecular complexity index is 85.7. The minimum absolute atomic E-state index is 0. The molecule has 0 saturated carbocycles. The van der Waals surface area contributed by atoms with Crippen LogP contribution >= 0.6 is 0 Å². The fourth-order valence-electron chi connectivity index (χ4n) is 0.0151. The van der Waals surface area contributed by atoms with E-state index in [1.54, 1.807) is 9.94 Å². The SMILES string of the molecule is N#[C][Cu][C]#N.[Cl-].[Cl-].[Li+].[Li+]. The van der Waals surface area contributed by atoms with Crippen molar-refractivity contribution in [2.24, 2.45) is 0 Å². The third kappa shape index (κ3) is 45.8. The summed E-state index contributed by atoms with van der Waals surface area (Å²) < 4.78 is 0. The van der Waals surface area contributed by atoms with Crippen LogP contribution in [0.15, 0.2) is 0 Å². The number of hydrogen-bond donors (Lipinski definition) is 0. The van der Waals surface area contributed by atoms with Gasteiger partial charge in [-0.15, -0.1) is 0 Å². The van der Waals surface area contributed by atoms with Crippen molar-refractivity contribution >= 4 is 0 Å². The second-order valence-electron chi connectivity index (χ2n) is 0.210. The Labute approximate surface area is 97.1 Å². The van der Waals surface area contributed by atoms with Crippen LogP contribution in [0.1, 0.15) is 0 Å². The molecule has 0 fully saturated rings. The molecule has 0 rings (SSSR count). The van der Waals surface area contributed by atoms with E-state index in [4.69, 9.17) is 10.5 Å². The van der Waals surface area contributed by atoms with Gasteiger partial charge in [-0.3, -0.25) is 0 Å². The summed E-state index contributed by atoms with van der Waals surface area (Å²) in [6.07, 6.45) is 0. The molecule has 0 saturated heterocycles. The fraction of sp³-hybridized carbons (Fsp3) is 0. The maximum atomic E-state index is 7.55. The van der Waals surface area contributed by atoms with Crippen LogP contribution in [0.3, 0.4) is 0 Å². The van der Waals surface area contributed by atoms with E-state index in [1.165, 1.54) is 0 Å². The molecule has 45 valence electrons. The van der Waals surface area contributed by atoms with E-state index in [9.17, 15) is 0 Å². The summed E-state index contributed by atoms with van der Waals surface area (Å²) in [4.78, 5) is 3.12. The molecule has 0 aromatic carbocycles. The molecule has 0 radical (unpaired) electrons. The zero-order valence-corrected chi connectivity index (χ0v) is 7.41. The van der Waals surface area contributed by atoms with Gasteiger partial charge in [0.1, 0.15) is 0 Å². The molecule has 2 nitrogen and oxygen atoms in total. The Hall–Kier alpha value is 1.27. The maximum Gasteiger partial charge on any atom is 1.00 e. The Morgan fingerprint density at radius 3 is 1.11 bits per heavy atom. The number of hydrogen-bond acceptors (Lipinski definition) is 2. The molecule has 0 amide bonds. The van der Waals surface area contributed by atoms with E-state index in [2.05, 4.69) is 0 Å². The van der Waals surface area contributed by atoms with Gasteiger partial charge in [-0.1, -0.05) is 0 Å². The van der Waals surface area contributed by atoms with Crippen molar-refractivity contribution in [1.82, 2.24) is 0 Å². The number of nitriles is 2. The molecule has 0 aromatic heterocycles. The molecule has 0 aromatic rings. The molecule has 0 unspecified atom stereocenters. The van der Waals surface area contributed by atoms with Crippen LogP contribution in [-0.2, 0) is 15.0 Å². The molecular weight excluding hydrogens is 200 g/mol. The third-order valence-corrected chi connectivity index (χ3v) is 0.278. The van der Waals surface area contributed by atoms with Gasteiger partial charge in [0, 0.05) is 0 Å². The molecular formula is C2Cl2CuLi2N2. The third-order valence-electron chi connectivity index (χ3n) is 0.0674. The first-order valence-corrected chi connectivity index (χ1v) is 1.69. The molecule has 7 heteroatoms. The monoisotopic (exact) mass is 199 g/mol. The van der Waals surface area contributed by atoms with Gasteiger partial charge in [0.15, 0.2) is 0 Å². The second-order valence-corrected chi connectivity index (χ2v) is 0.867. The smallest absolute Gasteiger partial charge is 1.00 e. The second kappa shape index (κ2) is 34.8. The molecule has 0 aliphatic rings. The summed E-state index contributed by atoms with van der Waals surface area (Å²) in [7, 11) is 0. The van der Waals surface area contributed by atoms with Crippen molar-refractivity contribution in [2.75, 3.05) is 0 Å². The summed E-state index contributed by atoms with van der Waals surface area (Å²) in [5.41, 5.74) is 0. The largest absolute Gasteiger partial charge is 1.00 e. The zero-order chi connectivity index (χ0) is 4.12. The fourth-order valence-corrected chi connectivity index (χ4v) is 0.0622. The van der Waals surface area contributed by atoms with Crippen molar-refractivity contribution in [2.45, 2.75) is 0 Å². The van der Waals surface area contributed by atoms with Crippen molar-refractivity contribution in [3.63, 3.8) is 0 Å². The molecule has 0 atom stereocenters. The van der Waals surface area contributed by atoms with E-state index >= 15 is 0 Å². The van der Waals surface area contributed by atoms with E-state index in [1.807, 2.05) is 0 Å². The van der Waals surface area contributed by atoms with Crippen LogP contribution in [-0.4, -0.2) is 0 Å². The molecule has 0 aliphatic carbocycles. The molecule has 0 heterocycles. The number of rotatable bonds is 0. The number of halogens is 2. The van der Waals surface area contributed by atoms with Gasteiger partial charge < -0.3 is 24.8 Å². The molecule has 0 spiro atoms. The zero-order valence-electron chi connectivity index (χ0n) is 4.95. The van der Waals surface area contributed by atoms with Gasteiger partial charge in [-0.2, -0.15) is 0 Å². The Kier molecular flexibility index (Phi) is 123. The van der Waals surface area contributed by atoms with Crippen LogP contribution in [0.25, 0.3) is 0 Å². The van der Waals surface area contributed by atoms with Crippen molar-refractivity contribution in [3.05, 3.63) is 0 Å². The van der Waals surface area contributed by atoms with Gasteiger partial charge in [-0.25, -0.2) is 0 Å². The Morgan fingerprint density at radius 1 is 0.889 bits per heavy atom. The molecule has 9 heavy (non-hydrogen) atoms.